The van der Waals surface area contributed by atoms with Crippen LogP contribution in [0, 0.1) is 0 Å². The molecule has 0 saturated heterocycles. The lowest BCUT2D eigenvalue weighted by molar-refractivity contribution is -0.122. The van der Waals surface area contributed by atoms with Gasteiger partial charge in [-0.15, -0.1) is 0 Å². The molecule has 2 aliphatic rings. The van der Waals surface area contributed by atoms with Gasteiger partial charge in [-0.05, 0) is 42.5 Å². The quantitative estimate of drug-likeness (QED) is 0.813. The number of amides is 1. The minimum absolute atomic E-state index is 0.0599. The summed E-state index contributed by atoms with van der Waals surface area (Å²) in [6.45, 7) is 2.43. The fourth-order valence-electron chi connectivity index (χ4n) is 4.21. The van der Waals surface area contributed by atoms with Crippen molar-refractivity contribution in [3.63, 3.8) is 0 Å². The number of benzene rings is 2. The number of rotatable bonds is 4. The highest BCUT2D eigenvalue weighted by atomic mass is 35.5. The number of halogens is 1. The van der Waals surface area contributed by atoms with Gasteiger partial charge in [0.2, 0.25) is 5.91 Å². The van der Waals surface area contributed by atoms with Crippen LogP contribution in [0.5, 0.6) is 5.75 Å². The van der Waals surface area contributed by atoms with Crippen LogP contribution in [0.4, 0.5) is 0 Å². The van der Waals surface area contributed by atoms with E-state index in [1.54, 1.807) is 0 Å². The molecule has 2 aromatic rings. The Bertz CT molecular complexity index is 952. The normalized spacial score (nSPS) is 21.9. The smallest absolute Gasteiger partial charge is 0.225 e. The van der Waals surface area contributed by atoms with E-state index >= 15 is 0 Å². The Balaban J connectivity index is 1.69. The third-order valence-corrected chi connectivity index (χ3v) is 5.76. The Morgan fingerprint density at radius 3 is 2.54 bits per heavy atom. The van der Waals surface area contributed by atoms with Crippen molar-refractivity contribution in [3.05, 3.63) is 76.0 Å². The van der Waals surface area contributed by atoms with Gasteiger partial charge < -0.3 is 10.1 Å². The maximum atomic E-state index is 13.1. The molecule has 2 aromatic carbocycles. The zero-order valence-electron chi connectivity index (χ0n) is 15.7. The van der Waals surface area contributed by atoms with E-state index in [2.05, 4.69) is 5.32 Å². The maximum Gasteiger partial charge on any atom is 0.225 e. The zero-order chi connectivity index (χ0) is 19.7. The molecule has 0 aromatic heterocycles. The lowest BCUT2D eigenvalue weighted by atomic mass is 9.73. The van der Waals surface area contributed by atoms with Crippen molar-refractivity contribution in [3.8, 4) is 5.75 Å². The Morgan fingerprint density at radius 2 is 1.82 bits per heavy atom. The van der Waals surface area contributed by atoms with Crippen LogP contribution in [0.1, 0.15) is 49.1 Å². The topological polar surface area (TPSA) is 55.4 Å². The average Bonchev–Trinajstić information content (AvgIpc) is 2.69. The molecule has 1 N–H and O–H groups in total. The van der Waals surface area contributed by atoms with Gasteiger partial charge in [-0.25, -0.2) is 0 Å². The monoisotopic (exact) mass is 395 g/mol. The molecule has 5 heteroatoms. The van der Waals surface area contributed by atoms with Gasteiger partial charge in [0.25, 0.3) is 0 Å². The second kappa shape index (κ2) is 7.80. The lowest BCUT2D eigenvalue weighted by Gasteiger charge is -2.34. The molecule has 28 heavy (non-hydrogen) atoms. The molecule has 0 bridgehead atoms. The van der Waals surface area contributed by atoms with E-state index in [1.165, 1.54) is 0 Å². The van der Waals surface area contributed by atoms with Crippen LogP contribution in [0.25, 0.3) is 0 Å². The molecule has 1 aliphatic carbocycles. The molecule has 0 radical (unpaired) electrons. The van der Waals surface area contributed by atoms with Crippen LogP contribution in [-0.4, -0.2) is 18.3 Å². The molecule has 0 saturated carbocycles. The van der Waals surface area contributed by atoms with Crippen LogP contribution >= 0.6 is 11.6 Å². The molecule has 0 fully saturated rings. The van der Waals surface area contributed by atoms with Crippen molar-refractivity contribution in [2.45, 2.75) is 38.0 Å². The summed E-state index contributed by atoms with van der Waals surface area (Å²) in [6.07, 6.45) is 1.38. The van der Waals surface area contributed by atoms with Gasteiger partial charge in [0.15, 0.2) is 5.78 Å². The summed E-state index contributed by atoms with van der Waals surface area (Å²) in [4.78, 5) is 25.5. The Morgan fingerprint density at radius 1 is 1.04 bits per heavy atom. The SMILES string of the molecule is CCOc1ccc(C2CC(=O)NC3=C2C(=O)CC(c2ccccc2)C3)cc1Cl. The number of carbonyl (C=O) groups excluding carboxylic acids is 2. The van der Waals surface area contributed by atoms with E-state index in [0.29, 0.717) is 30.2 Å². The largest absolute Gasteiger partial charge is 0.492 e. The maximum absolute atomic E-state index is 13.1. The molecule has 4 rings (SSSR count). The first-order chi connectivity index (χ1) is 13.6. The van der Waals surface area contributed by atoms with E-state index in [9.17, 15) is 9.59 Å². The molecule has 4 nitrogen and oxygen atoms in total. The van der Waals surface area contributed by atoms with Crippen molar-refractivity contribution in [1.82, 2.24) is 5.32 Å². The Kier molecular flexibility index (Phi) is 5.23. The van der Waals surface area contributed by atoms with Crippen LogP contribution in [0.2, 0.25) is 5.02 Å². The first-order valence-corrected chi connectivity index (χ1v) is 9.98. The number of ether oxygens (including phenoxy) is 1. The summed E-state index contributed by atoms with van der Waals surface area (Å²) in [5.74, 6) is 0.485. The number of nitrogens with one attached hydrogen (secondary N) is 1. The first-order valence-electron chi connectivity index (χ1n) is 9.60. The van der Waals surface area contributed by atoms with Crippen molar-refractivity contribution in [2.75, 3.05) is 6.61 Å². The number of hydrogen-bond acceptors (Lipinski definition) is 3. The van der Waals surface area contributed by atoms with Crippen molar-refractivity contribution in [1.29, 1.82) is 0 Å². The summed E-state index contributed by atoms with van der Waals surface area (Å²) >= 11 is 6.35. The highest BCUT2D eigenvalue weighted by Crippen LogP contribution is 2.43. The minimum atomic E-state index is -0.263. The van der Waals surface area contributed by atoms with Crippen molar-refractivity contribution >= 4 is 23.3 Å². The molecule has 144 valence electrons. The van der Waals surface area contributed by atoms with E-state index in [4.69, 9.17) is 16.3 Å². The number of ketones is 1. The van der Waals surface area contributed by atoms with Gasteiger partial charge in [0.1, 0.15) is 5.75 Å². The third kappa shape index (κ3) is 3.57. The number of Topliss-reactive ketones (excluding diaryl/α,β-unsaturated/α-hetero) is 1. The van der Waals surface area contributed by atoms with Crippen LogP contribution in [-0.2, 0) is 9.59 Å². The Hall–Kier alpha value is -2.59. The highest BCUT2D eigenvalue weighted by molar-refractivity contribution is 6.32. The molecule has 1 aliphatic heterocycles. The second-order valence-corrected chi connectivity index (χ2v) is 7.67. The van der Waals surface area contributed by atoms with Crippen LogP contribution < -0.4 is 10.1 Å². The highest BCUT2D eigenvalue weighted by Gasteiger charge is 2.38. The molecular formula is C23H22ClNO3. The van der Waals surface area contributed by atoms with Crippen molar-refractivity contribution in [2.24, 2.45) is 0 Å². The van der Waals surface area contributed by atoms with E-state index in [1.807, 2.05) is 55.5 Å². The molecule has 2 atom stereocenters. The number of carbonyl (C=O) groups is 2. The van der Waals surface area contributed by atoms with E-state index in [-0.39, 0.29) is 29.9 Å². The minimum Gasteiger partial charge on any atom is -0.492 e. The van der Waals surface area contributed by atoms with Gasteiger partial charge in [-0.1, -0.05) is 48.0 Å². The molecular weight excluding hydrogens is 374 g/mol. The lowest BCUT2D eigenvalue weighted by Crippen LogP contribution is -2.38. The average molecular weight is 396 g/mol. The van der Waals surface area contributed by atoms with Crippen LogP contribution in [0.3, 0.4) is 0 Å². The summed E-state index contributed by atoms with van der Waals surface area (Å²) in [7, 11) is 0. The molecule has 1 heterocycles. The molecule has 1 amide bonds. The van der Waals surface area contributed by atoms with Gasteiger partial charge in [-0.3, -0.25) is 9.59 Å². The van der Waals surface area contributed by atoms with Gasteiger partial charge in [0.05, 0.1) is 11.6 Å². The first kappa shape index (κ1) is 18.8. The fourth-order valence-corrected chi connectivity index (χ4v) is 4.46. The molecule has 2 unspecified atom stereocenters. The standard InChI is InChI=1S/C23H22ClNO3/c1-2-28-21-9-8-15(10-18(21)24)17-13-22(27)25-19-11-16(12-20(26)23(17)19)14-6-4-3-5-7-14/h3-10,16-17H,2,11-13H2,1H3,(H,25,27). The summed E-state index contributed by atoms with van der Waals surface area (Å²) in [5, 5.41) is 3.45. The Labute approximate surface area is 169 Å². The van der Waals surface area contributed by atoms with Gasteiger partial charge in [0, 0.05) is 30.0 Å². The summed E-state index contributed by atoms with van der Waals surface area (Å²) in [5.41, 5.74) is 3.49. The summed E-state index contributed by atoms with van der Waals surface area (Å²) < 4.78 is 5.50. The molecule has 0 spiro atoms. The van der Waals surface area contributed by atoms with E-state index in [0.717, 1.165) is 22.4 Å². The van der Waals surface area contributed by atoms with E-state index < -0.39 is 0 Å². The predicted molar refractivity (Wildman–Crippen MR) is 109 cm³/mol. The third-order valence-electron chi connectivity index (χ3n) is 5.47. The number of hydrogen-bond donors (Lipinski definition) is 1. The summed E-state index contributed by atoms with van der Waals surface area (Å²) in [6, 6.07) is 15.5. The predicted octanol–water partition coefficient (Wildman–Crippen LogP) is 4.74. The fraction of sp³-hybridized carbons (Fsp3) is 0.304. The zero-order valence-corrected chi connectivity index (χ0v) is 16.5. The second-order valence-electron chi connectivity index (χ2n) is 7.26. The van der Waals surface area contributed by atoms with Crippen molar-refractivity contribution < 1.29 is 14.3 Å². The van der Waals surface area contributed by atoms with Crippen LogP contribution in [0.15, 0.2) is 59.8 Å². The van der Waals surface area contributed by atoms with Gasteiger partial charge in [-0.2, -0.15) is 0 Å². The van der Waals surface area contributed by atoms with Gasteiger partial charge >= 0.3 is 0 Å². The number of allylic oxidation sites excluding steroid dienone is 2.